The van der Waals surface area contributed by atoms with Crippen molar-refractivity contribution in [3.05, 3.63) is 65.2 Å². The molecule has 0 bridgehead atoms. The maximum atomic E-state index is 16.3. The van der Waals surface area contributed by atoms with E-state index < -0.39 is 34.6 Å². The molecule has 0 saturated carbocycles. The Morgan fingerprint density at radius 1 is 1.04 bits per heavy atom. The van der Waals surface area contributed by atoms with Gasteiger partial charge in [-0.05, 0) is 51.1 Å². The predicted octanol–water partition coefficient (Wildman–Crippen LogP) is 4.09. The Morgan fingerprint density at radius 2 is 1.74 bits per heavy atom. The first-order chi connectivity index (χ1) is 21.9. The zero-order valence-corrected chi connectivity index (χ0v) is 26.1. The minimum absolute atomic E-state index is 0.159. The van der Waals surface area contributed by atoms with Gasteiger partial charge >= 0.3 is 5.97 Å². The third kappa shape index (κ3) is 6.52. The monoisotopic (exact) mass is 637 g/mol. The summed E-state index contributed by atoms with van der Waals surface area (Å²) in [5.41, 5.74) is 5.17. The van der Waals surface area contributed by atoms with E-state index >= 15 is 8.78 Å². The lowest BCUT2D eigenvalue weighted by molar-refractivity contribution is -0.156. The molecule has 12 nitrogen and oxygen atoms in total. The van der Waals surface area contributed by atoms with Crippen LogP contribution in [0.5, 0.6) is 29.0 Å². The third-order valence-electron chi connectivity index (χ3n) is 8.00. The van der Waals surface area contributed by atoms with Gasteiger partial charge in [0.25, 0.3) is 11.8 Å². The molecule has 0 atom stereocenters. The highest BCUT2D eigenvalue weighted by atomic mass is 19.1. The molecule has 2 aliphatic rings. The van der Waals surface area contributed by atoms with Crippen molar-refractivity contribution in [2.24, 2.45) is 10.7 Å². The third-order valence-corrected chi connectivity index (χ3v) is 8.00. The Balaban J connectivity index is 1.51. The number of halogens is 2. The van der Waals surface area contributed by atoms with Gasteiger partial charge in [-0.15, -0.1) is 0 Å². The van der Waals surface area contributed by atoms with E-state index in [1.165, 1.54) is 23.1 Å². The SMILES string of the molecule is CCOC(=O)C(C)(C)N1CCN(c2c(F)c(Oc3cccc(C4=NCCN4C)c3)nc(Oc3cc(C(=N)N)ccc3O)c2F)CC1. The van der Waals surface area contributed by atoms with Gasteiger partial charge in [-0.3, -0.25) is 20.1 Å². The van der Waals surface area contributed by atoms with E-state index in [1.807, 2.05) is 22.9 Å². The maximum Gasteiger partial charge on any atom is 0.325 e. The molecule has 0 aliphatic carbocycles. The first-order valence-corrected chi connectivity index (χ1v) is 14.9. The van der Waals surface area contributed by atoms with Crippen molar-refractivity contribution in [2.75, 3.05) is 57.8 Å². The van der Waals surface area contributed by atoms with Gasteiger partial charge in [-0.1, -0.05) is 12.1 Å². The van der Waals surface area contributed by atoms with Crippen molar-refractivity contribution in [1.82, 2.24) is 14.8 Å². The molecule has 0 radical (unpaired) electrons. The molecule has 2 aromatic carbocycles. The number of nitrogen functional groups attached to an aromatic ring is 1. The van der Waals surface area contributed by atoms with Gasteiger partial charge in [0.05, 0.1) is 13.2 Å². The highest BCUT2D eigenvalue weighted by molar-refractivity contribution is 6.00. The fourth-order valence-corrected chi connectivity index (χ4v) is 5.35. The van der Waals surface area contributed by atoms with Crippen LogP contribution in [0.25, 0.3) is 0 Å². The Bertz CT molecular complexity index is 1670. The Hall–Kier alpha value is -4.98. The van der Waals surface area contributed by atoms with Crippen molar-refractivity contribution >= 4 is 23.3 Å². The number of aromatic hydroxyl groups is 1. The van der Waals surface area contributed by atoms with Crippen LogP contribution in [-0.2, 0) is 9.53 Å². The molecule has 244 valence electrons. The lowest BCUT2D eigenvalue weighted by Crippen LogP contribution is -2.58. The van der Waals surface area contributed by atoms with E-state index in [2.05, 4.69) is 9.98 Å². The van der Waals surface area contributed by atoms with Crippen molar-refractivity contribution in [2.45, 2.75) is 26.3 Å². The molecule has 3 heterocycles. The van der Waals surface area contributed by atoms with Gasteiger partial charge in [0.1, 0.15) is 28.6 Å². The molecule has 46 heavy (non-hydrogen) atoms. The van der Waals surface area contributed by atoms with Crippen LogP contribution in [-0.4, -0.2) is 96.0 Å². The minimum atomic E-state index is -1.12. The zero-order valence-electron chi connectivity index (χ0n) is 26.1. The molecule has 1 aromatic heterocycles. The van der Waals surface area contributed by atoms with E-state index in [0.717, 1.165) is 17.9 Å². The Kier molecular flexibility index (Phi) is 9.28. The number of amidine groups is 2. The van der Waals surface area contributed by atoms with Crippen LogP contribution in [0.4, 0.5) is 14.5 Å². The molecule has 2 aliphatic heterocycles. The number of aromatic nitrogens is 1. The van der Waals surface area contributed by atoms with E-state index in [0.29, 0.717) is 19.6 Å². The number of hydrogen-bond acceptors (Lipinski definition) is 11. The summed E-state index contributed by atoms with van der Waals surface area (Å²) in [5.74, 6) is -3.70. The average Bonchev–Trinajstić information content (AvgIpc) is 3.46. The number of esters is 1. The second-order valence-corrected chi connectivity index (χ2v) is 11.4. The number of likely N-dealkylation sites (N-methyl/N-ethyl adjacent to an activating group) is 1. The molecule has 14 heteroatoms. The molecule has 1 saturated heterocycles. The number of rotatable bonds is 10. The van der Waals surface area contributed by atoms with Gasteiger partial charge in [0.2, 0.25) is 11.6 Å². The lowest BCUT2D eigenvalue weighted by Gasteiger charge is -2.43. The number of hydrogen-bond donors (Lipinski definition) is 3. The normalized spacial score (nSPS) is 15.5. The van der Waals surface area contributed by atoms with Crippen LogP contribution in [0.1, 0.15) is 31.9 Å². The quantitative estimate of drug-likeness (QED) is 0.169. The van der Waals surface area contributed by atoms with Crippen molar-refractivity contribution < 1.29 is 32.9 Å². The van der Waals surface area contributed by atoms with E-state index in [4.69, 9.17) is 25.4 Å². The number of nitrogens with two attached hydrogens (primary N) is 1. The largest absolute Gasteiger partial charge is 0.504 e. The topological polar surface area (TPSA) is 150 Å². The van der Waals surface area contributed by atoms with Gasteiger partial charge in [-0.2, -0.15) is 13.8 Å². The summed E-state index contributed by atoms with van der Waals surface area (Å²) in [4.78, 5) is 26.5. The van der Waals surface area contributed by atoms with Gasteiger partial charge in [-0.25, -0.2) is 0 Å². The fraction of sp³-hybridized carbons (Fsp3) is 0.375. The summed E-state index contributed by atoms with van der Waals surface area (Å²) in [6.45, 7) is 7.80. The van der Waals surface area contributed by atoms with Gasteiger partial charge in [0.15, 0.2) is 11.5 Å². The van der Waals surface area contributed by atoms with Crippen LogP contribution < -0.4 is 20.1 Å². The number of benzene rings is 2. The Labute approximate surface area is 265 Å². The summed E-state index contributed by atoms with van der Waals surface area (Å²) in [5, 5.41) is 18.1. The first kappa shape index (κ1) is 32.4. The van der Waals surface area contributed by atoms with Crippen molar-refractivity contribution in [1.29, 1.82) is 5.41 Å². The van der Waals surface area contributed by atoms with Crippen LogP contribution in [0.3, 0.4) is 0 Å². The smallest absolute Gasteiger partial charge is 0.325 e. The second-order valence-electron chi connectivity index (χ2n) is 11.4. The first-order valence-electron chi connectivity index (χ1n) is 14.9. The number of anilines is 1. The number of phenols is 1. The number of carbonyl (C=O) groups is 1. The molecule has 5 rings (SSSR count). The minimum Gasteiger partial charge on any atom is -0.504 e. The highest BCUT2D eigenvalue weighted by Crippen LogP contribution is 2.40. The zero-order chi connectivity index (χ0) is 33.2. The van der Waals surface area contributed by atoms with E-state index in [-0.39, 0.29) is 54.3 Å². The van der Waals surface area contributed by atoms with E-state index in [1.54, 1.807) is 39.0 Å². The summed E-state index contributed by atoms with van der Waals surface area (Å²) >= 11 is 0. The number of ether oxygens (including phenoxy) is 3. The molecule has 0 spiro atoms. The summed E-state index contributed by atoms with van der Waals surface area (Å²) < 4.78 is 49.3. The number of aliphatic imine (C=N–C) groups is 1. The van der Waals surface area contributed by atoms with Gasteiger partial charge in [0, 0.05) is 50.9 Å². The number of carbonyl (C=O) groups excluding carboxylic acids is 1. The molecule has 4 N–H and O–H groups in total. The predicted molar refractivity (Wildman–Crippen MR) is 168 cm³/mol. The number of piperazine rings is 1. The average molecular weight is 638 g/mol. The standard InChI is InChI=1S/C32H37F2N7O5/c1-5-44-31(43)32(2,3)41-15-13-40(14-16-41)26-24(33)29(45-21-8-6-7-20(17-21)28-37-11-12-39(28)4)38-30(25(26)34)46-23-18-19(27(35)36)9-10-22(23)42/h6-10,17-18,42H,5,11-16H2,1-4H3,(H3,35,36). The molecular weight excluding hydrogens is 600 g/mol. The summed E-state index contributed by atoms with van der Waals surface area (Å²) in [7, 11) is 1.92. The van der Waals surface area contributed by atoms with E-state index in [9.17, 15) is 9.90 Å². The van der Waals surface area contributed by atoms with Crippen LogP contribution in [0, 0.1) is 17.0 Å². The number of phenolic OH excluding ortho intramolecular Hbond substituents is 1. The molecule has 0 amide bonds. The van der Waals surface area contributed by atoms with Crippen LogP contribution in [0.15, 0.2) is 47.5 Å². The van der Waals surface area contributed by atoms with Crippen LogP contribution >= 0.6 is 0 Å². The maximum absolute atomic E-state index is 16.3. The number of nitrogens with one attached hydrogen (secondary N) is 1. The molecule has 1 fully saturated rings. The van der Waals surface area contributed by atoms with Crippen LogP contribution in [0.2, 0.25) is 0 Å². The second kappa shape index (κ2) is 13.2. The van der Waals surface area contributed by atoms with Crippen molar-refractivity contribution in [3.63, 3.8) is 0 Å². The lowest BCUT2D eigenvalue weighted by atomic mass is 10.0. The fourth-order valence-electron chi connectivity index (χ4n) is 5.35. The summed E-state index contributed by atoms with van der Waals surface area (Å²) in [6.07, 6.45) is 0. The number of nitrogens with zero attached hydrogens (tertiary/aromatic N) is 5. The summed E-state index contributed by atoms with van der Waals surface area (Å²) in [6, 6.07) is 10.8. The molecule has 3 aromatic rings. The van der Waals surface area contributed by atoms with Gasteiger partial charge < -0.3 is 34.9 Å². The van der Waals surface area contributed by atoms with Crippen molar-refractivity contribution in [3.8, 4) is 29.0 Å². The number of pyridine rings is 1. The molecular formula is C32H37F2N7O5. The highest BCUT2D eigenvalue weighted by Gasteiger charge is 2.39. The Morgan fingerprint density at radius 3 is 2.37 bits per heavy atom. The molecule has 0 unspecified atom stereocenters.